The zero-order chi connectivity index (χ0) is 17.5. The fourth-order valence-electron chi connectivity index (χ4n) is 3.08. The van der Waals surface area contributed by atoms with Crippen LogP contribution in [0.3, 0.4) is 0 Å². The number of benzene rings is 3. The number of anilines is 3. The summed E-state index contributed by atoms with van der Waals surface area (Å²) in [7, 11) is 0. The van der Waals surface area contributed by atoms with Gasteiger partial charge < -0.3 is 4.90 Å². The SMILES string of the molecule is Brc1nsc(-c2cccc(N3c4ccccc4Sc4ccccc43)c2)n1. The average Bonchev–Trinajstić information content (AvgIpc) is 3.12. The van der Waals surface area contributed by atoms with E-state index in [4.69, 9.17) is 0 Å². The van der Waals surface area contributed by atoms with Crippen molar-refractivity contribution in [2.45, 2.75) is 9.79 Å². The van der Waals surface area contributed by atoms with Crippen LogP contribution in [0.2, 0.25) is 0 Å². The smallest absolute Gasteiger partial charge is 0.209 e. The van der Waals surface area contributed by atoms with E-state index in [0.717, 1.165) is 16.3 Å². The first-order valence-corrected chi connectivity index (χ1v) is 10.4. The van der Waals surface area contributed by atoms with Crippen molar-refractivity contribution in [3.05, 3.63) is 77.5 Å². The number of aromatic nitrogens is 2. The minimum Gasteiger partial charge on any atom is -0.308 e. The largest absolute Gasteiger partial charge is 0.308 e. The predicted molar refractivity (Wildman–Crippen MR) is 112 cm³/mol. The summed E-state index contributed by atoms with van der Waals surface area (Å²) >= 11 is 6.56. The lowest BCUT2D eigenvalue weighted by Crippen LogP contribution is -2.14. The van der Waals surface area contributed by atoms with Crippen LogP contribution in [-0.2, 0) is 0 Å². The van der Waals surface area contributed by atoms with E-state index < -0.39 is 0 Å². The third-order valence-corrected chi connectivity index (χ3v) is 6.67. The lowest BCUT2D eigenvalue weighted by Gasteiger charge is -2.32. The van der Waals surface area contributed by atoms with Gasteiger partial charge in [-0.15, -0.1) is 0 Å². The molecule has 2 heterocycles. The summed E-state index contributed by atoms with van der Waals surface area (Å²) in [6.45, 7) is 0. The molecule has 5 rings (SSSR count). The molecule has 0 saturated heterocycles. The highest BCUT2D eigenvalue weighted by atomic mass is 79.9. The summed E-state index contributed by atoms with van der Waals surface area (Å²) in [6, 6.07) is 25.5. The summed E-state index contributed by atoms with van der Waals surface area (Å²) in [5, 5.41) is 0.909. The molecular weight excluding hydrogens is 426 g/mol. The molecule has 0 fully saturated rings. The fourth-order valence-corrected chi connectivity index (χ4v) is 5.22. The van der Waals surface area contributed by atoms with Gasteiger partial charge in [-0.25, -0.2) is 4.98 Å². The van der Waals surface area contributed by atoms with Gasteiger partial charge in [0.25, 0.3) is 0 Å². The maximum atomic E-state index is 4.46. The summed E-state index contributed by atoms with van der Waals surface area (Å²) in [5.74, 6) is 0. The summed E-state index contributed by atoms with van der Waals surface area (Å²) in [5.41, 5.74) is 4.59. The van der Waals surface area contributed by atoms with Gasteiger partial charge in [0.05, 0.1) is 11.4 Å². The van der Waals surface area contributed by atoms with Crippen molar-refractivity contribution in [1.82, 2.24) is 9.36 Å². The van der Waals surface area contributed by atoms with Gasteiger partial charge in [-0.1, -0.05) is 48.2 Å². The van der Waals surface area contributed by atoms with Crippen LogP contribution in [0.4, 0.5) is 17.1 Å². The number of nitrogens with zero attached hydrogens (tertiary/aromatic N) is 3. The van der Waals surface area contributed by atoms with Crippen LogP contribution in [0.25, 0.3) is 10.6 Å². The zero-order valence-corrected chi connectivity index (χ0v) is 16.7. The maximum Gasteiger partial charge on any atom is 0.209 e. The van der Waals surface area contributed by atoms with Crippen LogP contribution in [0.1, 0.15) is 0 Å². The molecule has 26 heavy (non-hydrogen) atoms. The Morgan fingerprint density at radius 1 is 0.808 bits per heavy atom. The van der Waals surface area contributed by atoms with Gasteiger partial charge in [0.1, 0.15) is 5.01 Å². The third kappa shape index (κ3) is 2.74. The number of hydrogen-bond acceptors (Lipinski definition) is 5. The minimum absolute atomic E-state index is 0.632. The molecule has 1 aromatic heterocycles. The Kier molecular flexibility index (Phi) is 4.04. The molecule has 0 saturated carbocycles. The molecule has 0 aliphatic carbocycles. The number of rotatable bonds is 2. The van der Waals surface area contributed by atoms with Crippen molar-refractivity contribution in [2.75, 3.05) is 4.90 Å². The quantitative estimate of drug-likeness (QED) is 0.300. The number of fused-ring (bicyclic) bond motifs is 2. The second-order valence-electron chi connectivity index (χ2n) is 5.79. The van der Waals surface area contributed by atoms with E-state index in [0.29, 0.717) is 4.73 Å². The summed E-state index contributed by atoms with van der Waals surface area (Å²) < 4.78 is 4.87. The fraction of sp³-hybridized carbons (Fsp3) is 0. The number of halogens is 1. The first kappa shape index (κ1) is 16.1. The highest BCUT2D eigenvalue weighted by Gasteiger charge is 2.24. The van der Waals surface area contributed by atoms with E-state index in [-0.39, 0.29) is 0 Å². The van der Waals surface area contributed by atoms with E-state index in [1.54, 1.807) is 0 Å². The Morgan fingerprint density at radius 3 is 2.15 bits per heavy atom. The predicted octanol–water partition coefficient (Wildman–Crippen LogP) is 6.90. The molecule has 126 valence electrons. The highest BCUT2D eigenvalue weighted by Crippen LogP contribution is 2.51. The molecule has 0 radical (unpaired) electrons. The Morgan fingerprint density at radius 2 is 1.50 bits per heavy atom. The molecule has 1 aliphatic rings. The van der Waals surface area contributed by atoms with E-state index in [1.807, 2.05) is 11.8 Å². The third-order valence-electron chi connectivity index (χ3n) is 4.18. The van der Waals surface area contributed by atoms with Crippen molar-refractivity contribution in [3.8, 4) is 10.6 Å². The first-order chi connectivity index (χ1) is 12.8. The second kappa shape index (κ2) is 6.54. The number of hydrogen-bond donors (Lipinski definition) is 0. The van der Waals surface area contributed by atoms with E-state index in [2.05, 4.69) is 103 Å². The van der Waals surface area contributed by atoms with Crippen molar-refractivity contribution in [3.63, 3.8) is 0 Å². The van der Waals surface area contributed by atoms with Crippen LogP contribution >= 0.6 is 39.2 Å². The van der Waals surface area contributed by atoms with Crippen molar-refractivity contribution >= 4 is 56.3 Å². The lowest BCUT2D eigenvalue weighted by atomic mass is 10.1. The molecule has 0 N–H and O–H groups in total. The standard InChI is InChI=1S/C20H12BrN3S2/c21-20-22-19(26-23-20)13-6-5-7-14(12-13)24-15-8-1-3-10-17(15)25-18-11-4-2-9-16(18)24/h1-12H. The van der Waals surface area contributed by atoms with Crippen LogP contribution < -0.4 is 4.90 Å². The van der Waals surface area contributed by atoms with Gasteiger partial charge in [0, 0.05) is 21.0 Å². The normalized spacial score (nSPS) is 12.6. The minimum atomic E-state index is 0.632. The monoisotopic (exact) mass is 437 g/mol. The molecule has 3 aromatic carbocycles. The van der Waals surface area contributed by atoms with E-state index >= 15 is 0 Å². The highest BCUT2D eigenvalue weighted by molar-refractivity contribution is 9.10. The van der Waals surface area contributed by atoms with Crippen LogP contribution in [0.5, 0.6) is 0 Å². The summed E-state index contributed by atoms with van der Waals surface area (Å²) in [4.78, 5) is 9.30. The van der Waals surface area contributed by atoms with Gasteiger partial charge in [0.15, 0.2) is 0 Å². The van der Waals surface area contributed by atoms with Gasteiger partial charge >= 0.3 is 0 Å². The molecule has 0 amide bonds. The molecule has 1 aliphatic heterocycles. The average molecular weight is 438 g/mol. The van der Waals surface area contributed by atoms with E-state index in [9.17, 15) is 0 Å². The first-order valence-electron chi connectivity index (χ1n) is 8.05. The molecule has 0 spiro atoms. The van der Waals surface area contributed by atoms with Crippen LogP contribution in [-0.4, -0.2) is 9.36 Å². The Hall–Kier alpha value is -2.15. The molecule has 6 heteroatoms. The maximum absolute atomic E-state index is 4.46. The van der Waals surface area contributed by atoms with Crippen LogP contribution in [0.15, 0.2) is 87.3 Å². The Labute approximate surface area is 168 Å². The topological polar surface area (TPSA) is 29.0 Å². The number of para-hydroxylation sites is 2. The van der Waals surface area contributed by atoms with Gasteiger partial charge in [-0.05, 0) is 63.9 Å². The van der Waals surface area contributed by atoms with Crippen molar-refractivity contribution < 1.29 is 0 Å². The van der Waals surface area contributed by atoms with E-state index in [1.165, 1.54) is 32.7 Å². The Balaban J connectivity index is 1.69. The molecule has 0 atom stereocenters. The zero-order valence-electron chi connectivity index (χ0n) is 13.5. The molecule has 0 unspecified atom stereocenters. The Bertz CT molecular complexity index is 1060. The molecule has 4 aromatic rings. The second-order valence-corrected chi connectivity index (χ2v) is 8.34. The van der Waals surface area contributed by atoms with Gasteiger partial charge in [-0.3, -0.25) is 0 Å². The van der Waals surface area contributed by atoms with Crippen LogP contribution in [0, 0.1) is 0 Å². The molecule has 3 nitrogen and oxygen atoms in total. The molecular formula is C20H12BrN3S2. The van der Waals surface area contributed by atoms with Gasteiger partial charge in [-0.2, -0.15) is 4.37 Å². The van der Waals surface area contributed by atoms with Crippen molar-refractivity contribution in [1.29, 1.82) is 0 Å². The lowest BCUT2D eigenvalue weighted by molar-refractivity contribution is 1.17. The van der Waals surface area contributed by atoms with Crippen molar-refractivity contribution in [2.24, 2.45) is 0 Å². The summed E-state index contributed by atoms with van der Waals surface area (Å²) in [6.07, 6.45) is 0. The molecule has 0 bridgehead atoms. The van der Waals surface area contributed by atoms with Gasteiger partial charge in [0.2, 0.25) is 4.73 Å².